The summed E-state index contributed by atoms with van der Waals surface area (Å²) in [6, 6.07) is 8.73. The summed E-state index contributed by atoms with van der Waals surface area (Å²) in [4.78, 5) is 23.4. The van der Waals surface area contributed by atoms with Crippen LogP contribution in [0.1, 0.15) is 27.9 Å². The van der Waals surface area contributed by atoms with Gasteiger partial charge in [0.15, 0.2) is 5.75 Å². The van der Waals surface area contributed by atoms with Crippen molar-refractivity contribution in [3.8, 4) is 11.5 Å². The lowest BCUT2D eigenvalue weighted by atomic mass is 10.1. The van der Waals surface area contributed by atoms with E-state index in [4.69, 9.17) is 21.7 Å². The van der Waals surface area contributed by atoms with Crippen LogP contribution in [0.2, 0.25) is 0 Å². The second kappa shape index (κ2) is 9.52. The number of ether oxygens (including phenoxy) is 2. The molecule has 2 aromatic carbocycles. The van der Waals surface area contributed by atoms with E-state index in [2.05, 4.69) is 15.3 Å². The molecule has 0 fully saturated rings. The Morgan fingerprint density at radius 2 is 2.03 bits per heavy atom. The topological polar surface area (TPSA) is 125 Å². The van der Waals surface area contributed by atoms with Crippen molar-refractivity contribution in [3.05, 3.63) is 83.5 Å². The Hall–Kier alpha value is -3.86. The van der Waals surface area contributed by atoms with Crippen LogP contribution >= 0.6 is 12.2 Å². The van der Waals surface area contributed by atoms with E-state index in [9.17, 15) is 14.9 Å². The maximum atomic E-state index is 12.2. The van der Waals surface area contributed by atoms with Crippen LogP contribution in [0, 0.1) is 35.7 Å². The first-order valence-corrected chi connectivity index (χ1v) is 9.90. The molecule has 3 rings (SSSR count). The predicted molar refractivity (Wildman–Crippen MR) is 121 cm³/mol. The van der Waals surface area contributed by atoms with Gasteiger partial charge in [0.05, 0.1) is 18.2 Å². The third kappa shape index (κ3) is 4.89. The second-order valence-electron chi connectivity index (χ2n) is 7.02. The molecule has 0 amide bonds. The minimum absolute atomic E-state index is 0.00442. The molecule has 1 heterocycles. The maximum Gasteiger partial charge on any atom is 0.315 e. The molecule has 0 saturated heterocycles. The van der Waals surface area contributed by atoms with Crippen molar-refractivity contribution >= 4 is 24.1 Å². The first-order chi connectivity index (χ1) is 15.2. The number of benzene rings is 2. The lowest BCUT2D eigenvalue weighted by molar-refractivity contribution is -0.386. The number of rotatable bonds is 7. The number of H-pyrrole nitrogens is 1. The van der Waals surface area contributed by atoms with Gasteiger partial charge in [-0.3, -0.25) is 20.0 Å². The number of aromatic amines is 1. The smallest absolute Gasteiger partial charge is 0.315 e. The molecule has 3 aromatic rings. The van der Waals surface area contributed by atoms with E-state index >= 15 is 0 Å². The van der Waals surface area contributed by atoms with Gasteiger partial charge >= 0.3 is 5.69 Å². The van der Waals surface area contributed by atoms with E-state index in [1.807, 2.05) is 32.0 Å². The number of nitrogens with zero attached hydrogens (tertiary/aromatic N) is 4. The highest BCUT2D eigenvalue weighted by Gasteiger charge is 2.22. The van der Waals surface area contributed by atoms with E-state index in [-0.39, 0.29) is 34.3 Å². The molecule has 0 aliphatic heterocycles. The zero-order valence-corrected chi connectivity index (χ0v) is 18.7. The molecule has 0 radical (unpaired) electrons. The Morgan fingerprint density at radius 3 is 2.72 bits per heavy atom. The fraction of sp³-hybridized carbons (Fsp3) is 0.238. The van der Waals surface area contributed by atoms with Crippen LogP contribution < -0.4 is 15.0 Å². The van der Waals surface area contributed by atoms with Crippen molar-refractivity contribution < 1.29 is 14.4 Å². The zero-order valence-electron chi connectivity index (χ0n) is 17.9. The Bertz CT molecular complexity index is 1330. The van der Waals surface area contributed by atoms with Crippen LogP contribution in [0.5, 0.6) is 11.5 Å². The van der Waals surface area contributed by atoms with Crippen molar-refractivity contribution in [2.45, 2.75) is 27.4 Å². The summed E-state index contributed by atoms with van der Waals surface area (Å²) in [6.45, 7) is 5.55. The molecule has 0 unspecified atom stereocenters. The van der Waals surface area contributed by atoms with Gasteiger partial charge in [-0.25, -0.2) is 0 Å². The van der Waals surface area contributed by atoms with Crippen molar-refractivity contribution in [2.75, 3.05) is 7.11 Å². The molecule has 11 heteroatoms. The molecular weight excluding hydrogens is 434 g/mol. The number of hydrogen-bond donors (Lipinski definition) is 1. The van der Waals surface area contributed by atoms with Crippen molar-refractivity contribution in [2.24, 2.45) is 5.10 Å². The third-order valence-electron chi connectivity index (χ3n) is 4.69. The van der Waals surface area contributed by atoms with Gasteiger partial charge in [0.25, 0.3) is 5.56 Å². The Morgan fingerprint density at radius 1 is 1.28 bits per heavy atom. The number of nitro benzene ring substituents is 1. The summed E-state index contributed by atoms with van der Waals surface area (Å²) in [6.07, 6.45) is 1.27. The van der Waals surface area contributed by atoms with Crippen LogP contribution in [0.4, 0.5) is 5.69 Å². The van der Waals surface area contributed by atoms with Crippen LogP contribution in [0.3, 0.4) is 0 Å². The highest BCUT2D eigenvalue weighted by atomic mass is 32.1. The quantitative estimate of drug-likeness (QED) is 0.250. The molecule has 0 spiro atoms. The highest BCUT2D eigenvalue weighted by Crippen LogP contribution is 2.38. The fourth-order valence-electron chi connectivity index (χ4n) is 2.92. The summed E-state index contributed by atoms with van der Waals surface area (Å²) in [5, 5.41) is 22.1. The molecule has 0 atom stereocenters. The Labute approximate surface area is 188 Å². The summed E-state index contributed by atoms with van der Waals surface area (Å²) < 4.78 is 12.1. The molecule has 166 valence electrons. The van der Waals surface area contributed by atoms with E-state index in [1.165, 1.54) is 32.4 Å². The van der Waals surface area contributed by atoms with Crippen molar-refractivity contribution in [1.82, 2.24) is 14.9 Å². The number of aryl methyl sites for hydroxylation is 3. The van der Waals surface area contributed by atoms with Gasteiger partial charge in [0, 0.05) is 11.6 Å². The molecule has 0 bridgehead atoms. The van der Waals surface area contributed by atoms with E-state index in [0.717, 1.165) is 21.4 Å². The number of nitrogens with one attached hydrogen (secondary N) is 1. The van der Waals surface area contributed by atoms with Gasteiger partial charge in [-0.1, -0.05) is 23.8 Å². The van der Waals surface area contributed by atoms with E-state index in [1.54, 1.807) is 0 Å². The Kier molecular flexibility index (Phi) is 6.79. The number of nitro groups is 1. The monoisotopic (exact) mass is 455 g/mol. The largest absolute Gasteiger partial charge is 0.493 e. The normalized spacial score (nSPS) is 11.0. The van der Waals surface area contributed by atoms with Gasteiger partial charge in [-0.2, -0.15) is 14.9 Å². The molecule has 0 aliphatic carbocycles. The van der Waals surface area contributed by atoms with Crippen molar-refractivity contribution in [1.29, 1.82) is 0 Å². The lowest BCUT2D eigenvalue weighted by Gasteiger charge is -2.13. The summed E-state index contributed by atoms with van der Waals surface area (Å²) in [5.41, 5.74) is 2.68. The predicted octanol–water partition coefficient (Wildman–Crippen LogP) is 3.60. The molecule has 10 nitrogen and oxygen atoms in total. The summed E-state index contributed by atoms with van der Waals surface area (Å²) in [7, 11) is 1.39. The van der Waals surface area contributed by atoms with Gasteiger partial charge in [-0.05, 0) is 50.2 Å². The van der Waals surface area contributed by atoms with E-state index in [0.29, 0.717) is 5.56 Å². The highest BCUT2D eigenvalue weighted by molar-refractivity contribution is 7.71. The zero-order chi connectivity index (χ0) is 23.4. The first kappa shape index (κ1) is 22.8. The van der Waals surface area contributed by atoms with Gasteiger partial charge in [-0.15, -0.1) is 0 Å². The molecule has 1 N–H and O–H groups in total. The standard InChI is InChI=1S/C21H21N5O5S/c1-12-5-6-13(2)16(7-12)11-31-19-17(26(28)29)8-15(9-18(19)30-4)10-22-25-20(27)14(3)23-24-21(25)32/h5-10H,11H2,1-4H3,(H,24,32)/b22-10-. The van der Waals surface area contributed by atoms with Crippen LogP contribution in [0.25, 0.3) is 0 Å². The summed E-state index contributed by atoms with van der Waals surface area (Å²) >= 11 is 5.03. The number of hydrogen-bond acceptors (Lipinski definition) is 8. The van der Waals surface area contributed by atoms with Gasteiger partial charge < -0.3 is 9.47 Å². The van der Waals surface area contributed by atoms with Gasteiger partial charge in [0.2, 0.25) is 10.5 Å². The van der Waals surface area contributed by atoms with E-state index < -0.39 is 10.5 Å². The van der Waals surface area contributed by atoms with Crippen LogP contribution in [-0.2, 0) is 6.61 Å². The molecule has 32 heavy (non-hydrogen) atoms. The fourth-order valence-corrected chi connectivity index (χ4v) is 3.10. The van der Waals surface area contributed by atoms with Crippen LogP contribution in [-0.4, -0.2) is 33.1 Å². The molecule has 0 aliphatic rings. The minimum Gasteiger partial charge on any atom is -0.493 e. The number of methoxy groups -OCH3 is 1. The van der Waals surface area contributed by atoms with Crippen molar-refractivity contribution in [3.63, 3.8) is 0 Å². The minimum atomic E-state index is -0.562. The molecule has 1 aromatic heterocycles. The molecular formula is C21H21N5O5S. The summed E-state index contributed by atoms with van der Waals surface area (Å²) in [5.74, 6) is 0.166. The second-order valence-corrected chi connectivity index (χ2v) is 7.41. The number of aromatic nitrogens is 3. The average Bonchev–Trinajstić information content (AvgIpc) is 2.76. The third-order valence-corrected chi connectivity index (χ3v) is 4.95. The van der Waals surface area contributed by atoms with Gasteiger partial charge in [0.1, 0.15) is 12.3 Å². The SMILES string of the molecule is COc1cc(/C=N\n2c(=S)[nH]nc(C)c2=O)cc([N+](=O)[O-])c1OCc1cc(C)ccc1C. The van der Waals surface area contributed by atoms with Crippen LogP contribution in [0.15, 0.2) is 40.2 Å². The maximum absolute atomic E-state index is 12.2. The Balaban J connectivity index is 2.00. The molecule has 0 saturated carbocycles. The first-order valence-electron chi connectivity index (χ1n) is 9.49. The average molecular weight is 455 g/mol. The lowest BCUT2D eigenvalue weighted by Crippen LogP contribution is -2.22.